The smallest absolute Gasteiger partial charge is 0.316 e. The number of hydrogen-bond donors (Lipinski definition) is 1. The third-order valence-corrected chi connectivity index (χ3v) is 5.25. The van der Waals surface area contributed by atoms with E-state index in [1.807, 2.05) is 20.8 Å². The zero-order valence-electron chi connectivity index (χ0n) is 15.8. The van der Waals surface area contributed by atoms with Crippen molar-refractivity contribution >= 4 is 46.6 Å². The van der Waals surface area contributed by atoms with E-state index in [1.165, 1.54) is 18.1 Å². The molecule has 144 valence electrons. The first kappa shape index (κ1) is 19.7. The van der Waals surface area contributed by atoms with E-state index in [0.717, 1.165) is 18.5 Å². The number of ether oxygens (including phenoxy) is 1. The maximum atomic E-state index is 11.9. The van der Waals surface area contributed by atoms with E-state index in [2.05, 4.69) is 32.2 Å². The van der Waals surface area contributed by atoms with Gasteiger partial charge in [0.1, 0.15) is 17.0 Å². The summed E-state index contributed by atoms with van der Waals surface area (Å²) in [6.07, 6.45) is 3.29. The predicted octanol–water partition coefficient (Wildman–Crippen LogP) is 3.46. The Balaban J connectivity index is 1.96. The van der Waals surface area contributed by atoms with E-state index in [4.69, 9.17) is 17.0 Å². The molecule has 3 rings (SSSR count). The van der Waals surface area contributed by atoms with Gasteiger partial charge < -0.3 is 4.74 Å². The highest BCUT2D eigenvalue weighted by atomic mass is 32.2. The molecule has 0 spiro atoms. The quantitative estimate of drug-likeness (QED) is 0.218. The number of rotatable bonds is 6. The monoisotopic (exact) mass is 406 g/mol. The van der Waals surface area contributed by atoms with Crippen molar-refractivity contribution in [2.75, 3.05) is 12.4 Å². The minimum atomic E-state index is -0.266. The molecule has 0 aliphatic carbocycles. The lowest BCUT2D eigenvalue weighted by atomic mass is 9.93. The Morgan fingerprint density at radius 2 is 2.11 bits per heavy atom. The Bertz CT molecular complexity index is 1040. The molecule has 0 aliphatic heterocycles. The lowest BCUT2D eigenvalue weighted by Crippen LogP contribution is -2.17. The lowest BCUT2D eigenvalue weighted by molar-refractivity contribution is -0.140. The number of nitrogens with one attached hydrogen (secondary N) is 1. The number of H-pyrrole nitrogens is 1. The van der Waals surface area contributed by atoms with Gasteiger partial charge in [0.2, 0.25) is 0 Å². The maximum absolute atomic E-state index is 11.9. The number of nitrogens with zero attached hydrogens (tertiary/aromatic N) is 5. The number of carbonyl (C=O) groups excluding carboxylic acids is 1. The molecule has 3 heterocycles. The standard InChI is InChI=1S/C17H22N6O2S2/c1-5-6-7-25-10(24)8-27-15-11-13(18-9-19-15)22-23-14(11)21-20-12(16(23)26)17(2,3)4/h9H,5-8H2,1-4H3,(H,18,19,22). The average molecular weight is 407 g/mol. The molecule has 0 saturated carbocycles. The first-order valence-electron chi connectivity index (χ1n) is 8.74. The van der Waals surface area contributed by atoms with Crippen LogP contribution >= 0.6 is 24.0 Å². The van der Waals surface area contributed by atoms with Crippen LogP contribution in [-0.2, 0) is 14.9 Å². The number of fused-ring (bicyclic) bond motifs is 3. The minimum Gasteiger partial charge on any atom is -0.465 e. The van der Waals surface area contributed by atoms with Crippen molar-refractivity contribution in [3.63, 3.8) is 0 Å². The van der Waals surface area contributed by atoms with Gasteiger partial charge in [-0.3, -0.25) is 9.89 Å². The van der Waals surface area contributed by atoms with E-state index in [1.54, 1.807) is 4.52 Å². The summed E-state index contributed by atoms with van der Waals surface area (Å²) in [6.45, 7) is 8.60. The second-order valence-corrected chi connectivity index (χ2v) is 8.49. The molecule has 3 aromatic heterocycles. The van der Waals surface area contributed by atoms with Crippen LogP contribution in [0, 0.1) is 4.64 Å². The fourth-order valence-electron chi connectivity index (χ4n) is 2.49. The van der Waals surface area contributed by atoms with Gasteiger partial charge in [0.15, 0.2) is 15.9 Å². The zero-order chi connectivity index (χ0) is 19.6. The molecule has 0 radical (unpaired) electrons. The minimum absolute atomic E-state index is 0.168. The SMILES string of the molecule is CCCCOC(=O)CSc1ncnc2[nH]n3c(=S)c(C(C)(C)C)nnc3c12. The van der Waals surface area contributed by atoms with Crippen LogP contribution in [0.1, 0.15) is 46.2 Å². The fourth-order valence-corrected chi connectivity index (χ4v) is 3.76. The highest BCUT2D eigenvalue weighted by Crippen LogP contribution is 2.28. The second-order valence-electron chi connectivity index (χ2n) is 7.14. The van der Waals surface area contributed by atoms with Crippen molar-refractivity contribution in [3.05, 3.63) is 16.7 Å². The molecule has 0 bridgehead atoms. The highest BCUT2D eigenvalue weighted by Gasteiger charge is 2.22. The molecule has 0 amide bonds. The number of aromatic nitrogens is 6. The van der Waals surface area contributed by atoms with E-state index >= 15 is 0 Å². The molecule has 0 fully saturated rings. The van der Waals surface area contributed by atoms with Gasteiger partial charge in [-0.2, -0.15) is 0 Å². The van der Waals surface area contributed by atoms with Gasteiger partial charge in [-0.1, -0.05) is 58.1 Å². The summed E-state index contributed by atoms with van der Waals surface area (Å²) >= 11 is 6.88. The van der Waals surface area contributed by atoms with Crippen LogP contribution in [0.5, 0.6) is 0 Å². The van der Waals surface area contributed by atoms with Crippen LogP contribution in [0.2, 0.25) is 0 Å². The number of carbonyl (C=O) groups is 1. The fraction of sp³-hybridized carbons (Fsp3) is 0.529. The summed E-state index contributed by atoms with van der Waals surface area (Å²) in [5.41, 5.74) is 1.64. The summed E-state index contributed by atoms with van der Waals surface area (Å²) in [7, 11) is 0. The molecule has 0 atom stereocenters. The van der Waals surface area contributed by atoms with Crippen LogP contribution in [0.15, 0.2) is 11.4 Å². The van der Waals surface area contributed by atoms with Gasteiger partial charge in [0.05, 0.1) is 17.7 Å². The molecule has 0 aromatic carbocycles. The van der Waals surface area contributed by atoms with E-state index < -0.39 is 0 Å². The van der Waals surface area contributed by atoms with Crippen molar-refractivity contribution in [3.8, 4) is 0 Å². The zero-order valence-corrected chi connectivity index (χ0v) is 17.4. The van der Waals surface area contributed by atoms with Crippen LogP contribution in [-0.4, -0.2) is 48.1 Å². The van der Waals surface area contributed by atoms with Gasteiger partial charge in [-0.25, -0.2) is 14.5 Å². The molecule has 27 heavy (non-hydrogen) atoms. The van der Waals surface area contributed by atoms with Crippen LogP contribution in [0.4, 0.5) is 0 Å². The third kappa shape index (κ3) is 4.11. The number of hydrogen-bond acceptors (Lipinski definition) is 8. The second kappa shape index (κ2) is 7.89. The highest BCUT2D eigenvalue weighted by molar-refractivity contribution is 8.00. The van der Waals surface area contributed by atoms with E-state index in [0.29, 0.717) is 33.0 Å². The molecular formula is C17H22N6O2S2. The van der Waals surface area contributed by atoms with Crippen LogP contribution < -0.4 is 0 Å². The van der Waals surface area contributed by atoms with Gasteiger partial charge in [-0.15, -0.1) is 10.2 Å². The lowest BCUT2D eigenvalue weighted by Gasteiger charge is -2.16. The van der Waals surface area contributed by atoms with Crippen molar-refractivity contribution in [2.45, 2.75) is 51.0 Å². The number of esters is 1. The molecule has 0 saturated heterocycles. The van der Waals surface area contributed by atoms with Gasteiger partial charge in [-0.05, 0) is 6.42 Å². The third-order valence-electron chi connectivity index (χ3n) is 3.91. The Morgan fingerprint density at radius 3 is 2.81 bits per heavy atom. The Kier molecular flexibility index (Phi) is 5.75. The van der Waals surface area contributed by atoms with Crippen LogP contribution in [0.25, 0.3) is 16.7 Å². The summed E-state index contributed by atoms with van der Waals surface area (Å²) in [4.78, 5) is 20.5. The van der Waals surface area contributed by atoms with Crippen molar-refractivity contribution < 1.29 is 9.53 Å². The van der Waals surface area contributed by atoms with Gasteiger partial charge in [0.25, 0.3) is 0 Å². The van der Waals surface area contributed by atoms with E-state index in [9.17, 15) is 4.79 Å². The van der Waals surface area contributed by atoms with E-state index in [-0.39, 0.29) is 17.1 Å². The van der Waals surface area contributed by atoms with Crippen LogP contribution in [0.3, 0.4) is 0 Å². The van der Waals surface area contributed by atoms with Crippen molar-refractivity contribution in [1.29, 1.82) is 0 Å². The summed E-state index contributed by atoms with van der Waals surface area (Å²) < 4.78 is 7.45. The topological polar surface area (TPSA) is 98.1 Å². The molecule has 10 heteroatoms. The number of thioether (sulfide) groups is 1. The average Bonchev–Trinajstić information content (AvgIpc) is 3.00. The molecular weight excluding hydrogens is 384 g/mol. The first-order chi connectivity index (χ1) is 12.8. The Morgan fingerprint density at radius 1 is 1.33 bits per heavy atom. The number of aromatic amines is 1. The summed E-state index contributed by atoms with van der Waals surface area (Å²) in [6, 6.07) is 0. The number of unbranched alkanes of at least 4 members (excludes halogenated alkanes) is 1. The Labute approximate surface area is 166 Å². The molecule has 3 aromatic rings. The normalized spacial score (nSPS) is 12.0. The van der Waals surface area contributed by atoms with Crippen molar-refractivity contribution in [1.82, 2.24) is 29.8 Å². The van der Waals surface area contributed by atoms with Gasteiger partial charge >= 0.3 is 5.97 Å². The summed E-state index contributed by atoms with van der Waals surface area (Å²) in [5.74, 6) is -0.0979. The maximum Gasteiger partial charge on any atom is 0.316 e. The first-order valence-corrected chi connectivity index (χ1v) is 10.1. The summed E-state index contributed by atoms with van der Waals surface area (Å²) in [5, 5.41) is 13.2. The van der Waals surface area contributed by atoms with Gasteiger partial charge in [0, 0.05) is 5.41 Å². The predicted molar refractivity (Wildman–Crippen MR) is 107 cm³/mol. The molecule has 0 aliphatic rings. The Hall–Kier alpha value is -2.07. The molecule has 0 unspecified atom stereocenters. The largest absolute Gasteiger partial charge is 0.465 e. The van der Waals surface area contributed by atoms with Crippen molar-refractivity contribution in [2.24, 2.45) is 0 Å². The molecule has 1 N–H and O–H groups in total. The molecule has 8 nitrogen and oxygen atoms in total.